The van der Waals surface area contributed by atoms with E-state index in [1.54, 1.807) is 0 Å². The molecule has 3 aromatic rings. The first-order valence-corrected chi connectivity index (χ1v) is 13.6. The molecule has 1 aliphatic carbocycles. The lowest BCUT2D eigenvalue weighted by atomic mass is 9.95. The zero-order valence-corrected chi connectivity index (χ0v) is 21.2. The van der Waals surface area contributed by atoms with E-state index in [9.17, 15) is 4.79 Å². The smallest absolute Gasteiger partial charge is 0.318 e. The zero-order valence-electron chi connectivity index (χ0n) is 19.6. The first-order chi connectivity index (χ1) is 16.6. The van der Waals surface area contributed by atoms with E-state index in [0.717, 1.165) is 43.6 Å². The first kappa shape index (κ1) is 22.2. The average molecular weight is 495 g/mol. The molecule has 3 aliphatic rings. The lowest BCUT2D eigenvalue weighted by Gasteiger charge is -2.34. The van der Waals surface area contributed by atoms with Gasteiger partial charge in [-0.15, -0.1) is 11.3 Å². The number of nitrogens with zero attached hydrogens (tertiary/aromatic N) is 3. The Labute approximate surface area is 210 Å². The van der Waals surface area contributed by atoms with Gasteiger partial charge >= 0.3 is 6.03 Å². The van der Waals surface area contributed by atoms with Gasteiger partial charge in [-0.1, -0.05) is 43.0 Å². The van der Waals surface area contributed by atoms with Crippen LogP contribution in [0, 0.1) is 0 Å². The van der Waals surface area contributed by atoms with E-state index in [4.69, 9.17) is 11.6 Å². The van der Waals surface area contributed by atoms with Crippen LogP contribution < -0.4 is 5.32 Å². The number of fused-ring (bicyclic) bond motifs is 5. The Hall–Kier alpha value is -2.28. The second-order valence-electron chi connectivity index (χ2n) is 9.94. The number of hydrogen-bond donors (Lipinski definition) is 1. The van der Waals surface area contributed by atoms with Crippen LogP contribution in [0.3, 0.4) is 0 Å². The van der Waals surface area contributed by atoms with Crippen molar-refractivity contribution in [3.63, 3.8) is 0 Å². The average Bonchev–Trinajstić information content (AvgIpc) is 3.42. The molecule has 2 aliphatic heterocycles. The highest BCUT2D eigenvalue weighted by molar-refractivity contribution is 7.15. The molecule has 2 amide bonds. The lowest BCUT2D eigenvalue weighted by Crippen LogP contribution is -2.46. The van der Waals surface area contributed by atoms with Crippen LogP contribution in [-0.2, 0) is 19.5 Å². The Bertz CT molecular complexity index is 1190. The van der Waals surface area contributed by atoms with E-state index in [-0.39, 0.29) is 18.1 Å². The van der Waals surface area contributed by atoms with E-state index in [0.29, 0.717) is 11.6 Å². The van der Waals surface area contributed by atoms with Gasteiger partial charge in [-0.2, -0.15) is 0 Å². The van der Waals surface area contributed by atoms with Crippen LogP contribution in [0.1, 0.15) is 65.4 Å². The Morgan fingerprint density at radius 2 is 1.85 bits per heavy atom. The molecule has 1 saturated carbocycles. The number of carbonyl (C=O) groups excluding carboxylic acids is 1. The molecular weight excluding hydrogens is 464 g/mol. The molecule has 7 heteroatoms. The van der Waals surface area contributed by atoms with Crippen LogP contribution in [0.5, 0.6) is 0 Å². The predicted octanol–water partition coefficient (Wildman–Crippen LogP) is 6.13. The summed E-state index contributed by atoms with van der Waals surface area (Å²) in [6.45, 7) is 2.67. The third-order valence-corrected chi connectivity index (χ3v) is 9.15. The van der Waals surface area contributed by atoms with Crippen LogP contribution in [0.15, 0.2) is 42.6 Å². The third-order valence-electron chi connectivity index (χ3n) is 7.63. The second kappa shape index (κ2) is 9.06. The van der Waals surface area contributed by atoms with Gasteiger partial charge in [0.15, 0.2) is 0 Å². The summed E-state index contributed by atoms with van der Waals surface area (Å²) in [5, 5.41) is 5.39. The number of carbonyl (C=O) groups is 1. The monoisotopic (exact) mass is 494 g/mol. The molecule has 1 fully saturated rings. The fourth-order valence-corrected chi connectivity index (χ4v) is 7.42. The molecule has 4 heterocycles. The second-order valence-corrected chi connectivity index (χ2v) is 11.5. The number of rotatable bonds is 2. The molecule has 178 valence electrons. The highest BCUT2D eigenvalue weighted by atomic mass is 35.5. The minimum absolute atomic E-state index is 0.0420. The summed E-state index contributed by atoms with van der Waals surface area (Å²) in [4.78, 5) is 19.8. The van der Waals surface area contributed by atoms with Gasteiger partial charge in [-0.3, -0.25) is 0 Å². The van der Waals surface area contributed by atoms with Crippen LogP contribution in [-0.4, -0.2) is 40.0 Å². The fourth-order valence-electron chi connectivity index (χ4n) is 5.85. The van der Waals surface area contributed by atoms with Gasteiger partial charge in [-0.25, -0.2) is 4.79 Å². The molecule has 1 atom stereocenters. The van der Waals surface area contributed by atoms with Crippen molar-refractivity contribution in [1.29, 1.82) is 0 Å². The van der Waals surface area contributed by atoms with Gasteiger partial charge in [0, 0.05) is 40.8 Å². The van der Waals surface area contributed by atoms with Crippen molar-refractivity contribution in [2.24, 2.45) is 0 Å². The molecule has 1 aromatic carbocycles. The van der Waals surface area contributed by atoms with E-state index < -0.39 is 0 Å². The number of urea groups is 1. The summed E-state index contributed by atoms with van der Waals surface area (Å²) in [5.41, 5.74) is 4.99. The van der Waals surface area contributed by atoms with Gasteiger partial charge in [-0.05, 0) is 61.7 Å². The highest BCUT2D eigenvalue weighted by Gasteiger charge is 2.37. The Morgan fingerprint density at radius 1 is 1.06 bits per heavy atom. The number of aromatic nitrogens is 1. The van der Waals surface area contributed by atoms with E-state index in [1.807, 2.05) is 23.5 Å². The van der Waals surface area contributed by atoms with E-state index >= 15 is 0 Å². The Morgan fingerprint density at radius 3 is 2.65 bits per heavy atom. The number of likely N-dealkylation sites (N-methyl/N-ethyl adjacent to an activating group) is 1. The largest absolute Gasteiger partial charge is 0.335 e. The maximum atomic E-state index is 13.9. The Kier molecular flexibility index (Phi) is 5.92. The van der Waals surface area contributed by atoms with Gasteiger partial charge < -0.3 is 19.7 Å². The summed E-state index contributed by atoms with van der Waals surface area (Å²) in [7, 11) is 2.19. The summed E-state index contributed by atoms with van der Waals surface area (Å²) in [6, 6.07) is 12.4. The van der Waals surface area contributed by atoms with Gasteiger partial charge in [0.05, 0.1) is 18.3 Å². The SMILES string of the molecule is CN1CCc2c(sc3c2CN(C(=O)NC2CCCCC2)[C@H](c2ccc(Cl)cc2)c2cccn2-3)C1. The van der Waals surface area contributed by atoms with Crippen LogP contribution in [0.4, 0.5) is 4.79 Å². The molecule has 2 aromatic heterocycles. The van der Waals surface area contributed by atoms with Crippen molar-refractivity contribution in [3.05, 3.63) is 74.9 Å². The van der Waals surface area contributed by atoms with Crippen molar-refractivity contribution in [2.75, 3.05) is 13.6 Å². The summed E-state index contributed by atoms with van der Waals surface area (Å²) in [5.74, 6) is 0. The maximum absolute atomic E-state index is 13.9. The Balaban J connectivity index is 1.46. The molecule has 0 unspecified atom stereocenters. The maximum Gasteiger partial charge on any atom is 0.318 e. The number of hydrogen-bond acceptors (Lipinski definition) is 3. The molecular formula is C27H31ClN4OS. The predicted molar refractivity (Wildman–Crippen MR) is 138 cm³/mol. The van der Waals surface area contributed by atoms with Crippen molar-refractivity contribution in [1.82, 2.24) is 19.7 Å². The molecule has 1 N–H and O–H groups in total. The fraction of sp³-hybridized carbons (Fsp3) is 0.444. The normalized spacial score (nSPS) is 20.9. The first-order valence-electron chi connectivity index (χ1n) is 12.4. The number of thiophene rings is 1. The summed E-state index contributed by atoms with van der Waals surface area (Å²) < 4.78 is 2.32. The molecule has 0 bridgehead atoms. The highest BCUT2D eigenvalue weighted by Crippen LogP contribution is 2.43. The molecule has 34 heavy (non-hydrogen) atoms. The minimum Gasteiger partial charge on any atom is -0.335 e. The molecule has 0 radical (unpaired) electrons. The van der Waals surface area contributed by atoms with Crippen molar-refractivity contribution in [2.45, 2.75) is 63.7 Å². The standard InChI is InChI=1S/C27H31ClN4OS/c1-30-15-13-21-22-16-32(27(33)29-20-6-3-2-4-7-20)25(18-9-11-19(28)12-10-18)23-8-5-14-31(23)26(22)34-24(21)17-30/h5,8-12,14,20,25H,2-4,6-7,13,15-17H2,1H3,(H,29,33)/t25-/m1/s1. The number of nitrogens with one attached hydrogen (secondary N) is 1. The van der Waals surface area contributed by atoms with Crippen LogP contribution in [0.2, 0.25) is 5.02 Å². The summed E-state index contributed by atoms with van der Waals surface area (Å²) in [6.07, 6.45) is 9.02. The summed E-state index contributed by atoms with van der Waals surface area (Å²) >= 11 is 8.13. The van der Waals surface area contributed by atoms with Gasteiger partial charge in [0.25, 0.3) is 0 Å². The van der Waals surface area contributed by atoms with Gasteiger partial charge in [0.2, 0.25) is 0 Å². The number of benzene rings is 1. The van der Waals surface area contributed by atoms with E-state index in [1.165, 1.54) is 40.3 Å². The topological polar surface area (TPSA) is 40.5 Å². The van der Waals surface area contributed by atoms with E-state index in [2.05, 4.69) is 57.2 Å². The van der Waals surface area contributed by atoms with Gasteiger partial charge in [0.1, 0.15) is 5.00 Å². The minimum atomic E-state index is -0.169. The van der Waals surface area contributed by atoms with Crippen LogP contribution in [0.25, 0.3) is 5.00 Å². The molecule has 0 spiro atoms. The zero-order chi connectivity index (χ0) is 23.2. The van der Waals surface area contributed by atoms with Crippen molar-refractivity contribution < 1.29 is 4.79 Å². The van der Waals surface area contributed by atoms with Crippen molar-refractivity contribution in [3.8, 4) is 5.00 Å². The quantitative estimate of drug-likeness (QED) is 0.465. The lowest BCUT2D eigenvalue weighted by molar-refractivity contribution is 0.173. The number of halogens is 1. The molecule has 5 nitrogen and oxygen atoms in total. The van der Waals surface area contributed by atoms with Crippen LogP contribution >= 0.6 is 22.9 Å². The number of amides is 2. The molecule has 6 rings (SSSR count). The van der Waals surface area contributed by atoms with Crippen molar-refractivity contribution >= 4 is 29.0 Å². The third kappa shape index (κ3) is 3.96. The molecule has 0 saturated heterocycles.